The third-order valence-electron chi connectivity index (χ3n) is 5.18. The number of amides is 1. The largest absolute Gasteiger partial charge is 0.452 e. The van der Waals surface area contributed by atoms with Gasteiger partial charge in [0.2, 0.25) is 0 Å². The first kappa shape index (κ1) is 20.4. The van der Waals surface area contributed by atoms with E-state index in [1.165, 1.54) is 0 Å². The molecule has 0 spiro atoms. The van der Waals surface area contributed by atoms with Gasteiger partial charge in [0.25, 0.3) is 5.91 Å². The highest BCUT2D eigenvalue weighted by atomic mass is 16.5. The smallest absolute Gasteiger partial charge is 0.342 e. The van der Waals surface area contributed by atoms with Crippen LogP contribution in [0.15, 0.2) is 54.6 Å². The molecule has 2 heterocycles. The van der Waals surface area contributed by atoms with E-state index < -0.39 is 18.5 Å². The van der Waals surface area contributed by atoms with Crippen molar-refractivity contribution in [3.8, 4) is 6.07 Å². The molecule has 2 aromatic carbocycles. The Morgan fingerprint density at radius 3 is 2.58 bits per heavy atom. The number of nitrogens with one attached hydrogen (secondary N) is 1. The summed E-state index contributed by atoms with van der Waals surface area (Å²) in [5.74, 6) is -0.396. The van der Waals surface area contributed by atoms with Crippen molar-refractivity contribution in [2.75, 3.05) is 29.9 Å². The Kier molecular flexibility index (Phi) is 6.08. The van der Waals surface area contributed by atoms with Gasteiger partial charge in [-0.15, -0.1) is 0 Å². The first-order valence-electron chi connectivity index (χ1n) is 10.2. The van der Waals surface area contributed by atoms with Crippen LogP contribution < -0.4 is 10.2 Å². The average Bonchev–Trinajstić information content (AvgIpc) is 3.33. The molecule has 7 nitrogen and oxygen atoms in total. The van der Waals surface area contributed by atoms with E-state index in [0.29, 0.717) is 23.5 Å². The minimum atomic E-state index is -0.570. The molecular formula is C24H22N4O3. The van der Waals surface area contributed by atoms with Crippen molar-refractivity contribution in [1.29, 1.82) is 5.26 Å². The second-order valence-corrected chi connectivity index (χ2v) is 7.40. The van der Waals surface area contributed by atoms with E-state index in [0.717, 1.165) is 42.4 Å². The van der Waals surface area contributed by atoms with Crippen molar-refractivity contribution in [2.45, 2.75) is 19.3 Å². The van der Waals surface area contributed by atoms with Crippen LogP contribution in [0.3, 0.4) is 0 Å². The second-order valence-electron chi connectivity index (χ2n) is 7.40. The van der Waals surface area contributed by atoms with Crippen molar-refractivity contribution in [1.82, 2.24) is 4.98 Å². The SMILES string of the molecule is N#CCc1ccc(NC(=O)COC(=O)c2cc3ccccc3nc2N2CCCC2)cc1. The highest BCUT2D eigenvalue weighted by Crippen LogP contribution is 2.27. The van der Waals surface area contributed by atoms with Gasteiger partial charge in [-0.3, -0.25) is 4.79 Å². The van der Waals surface area contributed by atoms with Crippen molar-refractivity contribution < 1.29 is 14.3 Å². The lowest BCUT2D eigenvalue weighted by atomic mass is 10.1. The van der Waals surface area contributed by atoms with Gasteiger partial charge in [0.05, 0.1) is 18.0 Å². The van der Waals surface area contributed by atoms with E-state index in [2.05, 4.69) is 16.3 Å². The maximum absolute atomic E-state index is 12.8. The summed E-state index contributed by atoms with van der Waals surface area (Å²) in [5.41, 5.74) is 2.63. The van der Waals surface area contributed by atoms with Crippen LogP contribution in [0.25, 0.3) is 10.9 Å². The molecule has 31 heavy (non-hydrogen) atoms. The molecule has 3 aromatic rings. The summed E-state index contributed by atoms with van der Waals surface area (Å²) in [6, 6.07) is 18.4. The molecule has 1 fully saturated rings. The molecule has 1 amide bonds. The molecule has 4 rings (SSSR count). The number of hydrogen-bond donors (Lipinski definition) is 1. The van der Waals surface area contributed by atoms with Crippen LogP contribution in [0.4, 0.5) is 11.5 Å². The lowest BCUT2D eigenvalue weighted by Crippen LogP contribution is -2.25. The molecule has 156 valence electrons. The zero-order valence-corrected chi connectivity index (χ0v) is 17.0. The van der Waals surface area contributed by atoms with Crippen LogP contribution in [-0.2, 0) is 16.0 Å². The summed E-state index contributed by atoms with van der Waals surface area (Å²) < 4.78 is 5.31. The number of fused-ring (bicyclic) bond motifs is 1. The van der Waals surface area contributed by atoms with Gasteiger partial charge < -0.3 is 15.0 Å². The Hall–Kier alpha value is -3.92. The highest BCUT2D eigenvalue weighted by Gasteiger charge is 2.23. The summed E-state index contributed by atoms with van der Waals surface area (Å²) >= 11 is 0. The standard InChI is InChI=1S/C24H22N4O3/c25-12-11-17-7-9-19(10-8-17)26-22(29)16-31-24(30)20-15-18-5-1-2-6-21(18)27-23(20)28-13-3-4-14-28/h1-2,5-10,15H,3-4,11,13-14,16H2,(H,26,29). The van der Waals surface area contributed by atoms with Gasteiger partial charge >= 0.3 is 5.97 Å². The van der Waals surface area contributed by atoms with Crippen LogP contribution in [0.2, 0.25) is 0 Å². The quantitative estimate of drug-likeness (QED) is 0.618. The fourth-order valence-electron chi connectivity index (χ4n) is 3.63. The monoisotopic (exact) mass is 414 g/mol. The van der Waals surface area contributed by atoms with E-state index >= 15 is 0 Å². The fourth-order valence-corrected chi connectivity index (χ4v) is 3.63. The number of pyridine rings is 1. The molecule has 0 bridgehead atoms. The normalized spacial score (nSPS) is 13.1. The first-order valence-corrected chi connectivity index (χ1v) is 10.2. The molecule has 0 aliphatic carbocycles. The molecule has 1 N–H and O–H groups in total. The molecule has 0 atom stereocenters. The average molecular weight is 414 g/mol. The molecule has 1 aliphatic heterocycles. The van der Waals surface area contributed by atoms with E-state index in [1.807, 2.05) is 24.3 Å². The summed E-state index contributed by atoms with van der Waals surface area (Å²) in [6.07, 6.45) is 2.42. The van der Waals surface area contributed by atoms with Gasteiger partial charge in [0.1, 0.15) is 11.4 Å². The van der Waals surface area contributed by atoms with E-state index in [1.54, 1.807) is 30.3 Å². The number of ether oxygens (including phenoxy) is 1. The number of aromatic nitrogens is 1. The zero-order chi connectivity index (χ0) is 21.6. The predicted molar refractivity (Wildman–Crippen MR) is 118 cm³/mol. The van der Waals surface area contributed by atoms with Crippen molar-refractivity contribution in [2.24, 2.45) is 0 Å². The fraction of sp³-hybridized carbons (Fsp3) is 0.250. The number of para-hydroxylation sites is 1. The van der Waals surface area contributed by atoms with Crippen LogP contribution in [0.1, 0.15) is 28.8 Å². The molecule has 1 aromatic heterocycles. The van der Waals surface area contributed by atoms with Gasteiger partial charge in [-0.2, -0.15) is 5.26 Å². The molecule has 0 unspecified atom stereocenters. The van der Waals surface area contributed by atoms with E-state index in [4.69, 9.17) is 15.0 Å². The molecule has 1 aliphatic rings. The van der Waals surface area contributed by atoms with E-state index in [9.17, 15) is 9.59 Å². The van der Waals surface area contributed by atoms with Crippen molar-refractivity contribution in [3.63, 3.8) is 0 Å². The van der Waals surface area contributed by atoms with Crippen molar-refractivity contribution in [3.05, 3.63) is 65.7 Å². The van der Waals surface area contributed by atoms with Gasteiger partial charge in [0, 0.05) is 24.2 Å². The minimum Gasteiger partial charge on any atom is -0.452 e. The number of nitrogens with zero attached hydrogens (tertiary/aromatic N) is 3. The number of rotatable bonds is 6. The minimum absolute atomic E-state index is 0.310. The number of hydrogen-bond acceptors (Lipinski definition) is 6. The maximum atomic E-state index is 12.8. The molecule has 1 saturated heterocycles. The Morgan fingerprint density at radius 1 is 1.10 bits per heavy atom. The number of esters is 1. The number of anilines is 2. The zero-order valence-electron chi connectivity index (χ0n) is 17.0. The van der Waals surface area contributed by atoms with Crippen molar-refractivity contribution >= 4 is 34.3 Å². The molecular weight excluding hydrogens is 392 g/mol. The van der Waals surface area contributed by atoms with Crippen LogP contribution in [0.5, 0.6) is 0 Å². The van der Waals surface area contributed by atoms with Gasteiger partial charge in [-0.1, -0.05) is 30.3 Å². The summed E-state index contributed by atoms with van der Waals surface area (Å²) in [4.78, 5) is 31.9. The Balaban J connectivity index is 1.45. The Bertz CT molecular complexity index is 1150. The molecule has 7 heteroatoms. The third-order valence-corrected chi connectivity index (χ3v) is 5.18. The summed E-state index contributed by atoms with van der Waals surface area (Å²) in [6.45, 7) is 1.28. The lowest BCUT2D eigenvalue weighted by Gasteiger charge is -2.20. The number of nitriles is 1. The topological polar surface area (TPSA) is 95.3 Å². The molecule has 0 saturated carbocycles. The lowest BCUT2D eigenvalue weighted by molar-refractivity contribution is -0.119. The predicted octanol–water partition coefficient (Wildman–Crippen LogP) is 3.70. The van der Waals surface area contributed by atoms with E-state index in [-0.39, 0.29) is 0 Å². The summed E-state index contributed by atoms with van der Waals surface area (Å²) in [7, 11) is 0. The van der Waals surface area contributed by atoms with Gasteiger partial charge in [-0.05, 0) is 42.7 Å². The second kappa shape index (κ2) is 9.26. The third kappa shape index (κ3) is 4.81. The highest BCUT2D eigenvalue weighted by molar-refractivity contribution is 6.01. The van der Waals surface area contributed by atoms with Crippen LogP contribution >= 0.6 is 0 Å². The van der Waals surface area contributed by atoms with Crippen LogP contribution in [-0.4, -0.2) is 36.6 Å². The van der Waals surface area contributed by atoms with Gasteiger partial charge in [-0.25, -0.2) is 9.78 Å². The Labute approximate surface area is 180 Å². The Morgan fingerprint density at radius 2 is 1.84 bits per heavy atom. The first-order chi connectivity index (χ1) is 15.1. The van der Waals surface area contributed by atoms with Gasteiger partial charge in [0.15, 0.2) is 6.61 Å². The maximum Gasteiger partial charge on any atom is 0.342 e. The number of benzene rings is 2. The summed E-state index contributed by atoms with van der Waals surface area (Å²) in [5, 5.41) is 12.3. The van der Waals surface area contributed by atoms with Crippen LogP contribution in [0, 0.1) is 11.3 Å². The molecule has 0 radical (unpaired) electrons. The number of carbonyl (C=O) groups is 2. The number of carbonyl (C=O) groups excluding carboxylic acids is 2.